The van der Waals surface area contributed by atoms with Gasteiger partial charge in [0.25, 0.3) is 0 Å². The molecule has 0 aromatic heterocycles. The van der Waals surface area contributed by atoms with Gasteiger partial charge in [-0.05, 0) is 58.4 Å². The fourth-order valence-corrected chi connectivity index (χ4v) is 2.94. The lowest BCUT2D eigenvalue weighted by atomic mass is 9.97. The molecule has 1 aliphatic rings. The first-order chi connectivity index (χ1) is 11.5. The van der Waals surface area contributed by atoms with Gasteiger partial charge in [0.1, 0.15) is 0 Å². The third kappa shape index (κ3) is 12.0. The number of nitrogens with one attached hydrogen (secondary N) is 2. The van der Waals surface area contributed by atoms with Crippen LogP contribution in [0, 0.1) is 11.8 Å². The number of rotatable bonds is 10. The van der Waals surface area contributed by atoms with E-state index in [-0.39, 0.29) is 24.0 Å². The van der Waals surface area contributed by atoms with E-state index >= 15 is 0 Å². The Labute approximate surface area is 172 Å². The summed E-state index contributed by atoms with van der Waals surface area (Å²) in [6, 6.07) is 0.645. The van der Waals surface area contributed by atoms with Crippen LogP contribution >= 0.6 is 24.0 Å². The highest BCUT2D eigenvalue weighted by Gasteiger charge is 2.21. The number of piperidine rings is 1. The van der Waals surface area contributed by atoms with Crippen LogP contribution in [0.1, 0.15) is 53.9 Å². The molecule has 0 spiro atoms. The average Bonchev–Trinajstić information content (AvgIpc) is 2.55. The minimum Gasteiger partial charge on any atom is -0.380 e. The number of halogens is 1. The molecule has 5 nitrogen and oxygen atoms in total. The molecule has 1 heterocycles. The summed E-state index contributed by atoms with van der Waals surface area (Å²) in [4.78, 5) is 7.37. The lowest BCUT2D eigenvalue weighted by Gasteiger charge is -2.34. The zero-order valence-electron chi connectivity index (χ0n) is 17.0. The van der Waals surface area contributed by atoms with Gasteiger partial charge in [-0.1, -0.05) is 13.8 Å². The van der Waals surface area contributed by atoms with E-state index in [2.05, 4.69) is 50.2 Å². The second-order valence-electron chi connectivity index (χ2n) is 7.54. The van der Waals surface area contributed by atoms with Crippen molar-refractivity contribution in [2.24, 2.45) is 16.8 Å². The van der Waals surface area contributed by atoms with Crippen molar-refractivity contribution in [3.63, 3.8) is 0 Å². The van der Waals surface area contributed by atoms with Gasteiger partial charge in [0.05, 0.1) is 6.61 Å². The minimum absolute atomic E-state index is 0. The molecule has 6 heteroatoms. The molecule has 1 unspecified atom stereocenters. The molecule has 1 rings (SSSR count). The van der Waals surface area contributed by atoms with E-state index in [9.17, 15) is 0 Å². The first kappa shape index (κ1) is 24.9. The average molecular weight is 468 g/mol. The normalized spacial score (nSPS) is 19.2. The zero-order valence-corrected chi connectivity index (χ0v) is 19.3. The molecule has 1 fully saturated rings. The number of hydrogen-bond donors (Lipinski definition) is 2. The molecule has 1 aliphatic heterocycles. The van der Waals surface area contributed by atoms with Gasteiger partial charge in [0.2, 0.25) is 0 Å². The maximum Gasteiger partial charge on any atom is 0.191 e. The molecule has 0 aromatic rings. The van der Waals surface area contributed by atoms with Crippen LogP contribution in [0.15, 0.2) is 4.99 Å². The number of likely N-dealkylation sites (tertiary alicyclic amines) is 1. The van der Waals surface area contributed by atoms with Gasteiger partial charge in [0, 0.05) is 38.8 Å². The lowest BCUT2D eigenvalue weighted by molar-refractivity contribution is 0.128. The van der Waals surface area contributed by atoms with Crippen molar-refractivity contribution >= 4 is 29.9 Å². The van der Waals surface area contributed by atoms with Gasteiger partial charge in [0.15, 0.2) is 5.96 Å². The number of aliphatic imine (C=N–C) groups is 1. The van der Waals surface area contributed by atoms with Crippen LogP contribution in [0.3, 0.4) is 0 Å². The maximum atomic E-state index is 5.66. The third-order valence-corrected chi connectivity index (χ3v) is 4.51. The highest BCUT2D eigenvalue weighted by atomic mass is 127. The van der Waals surface area contributed by atoms with E-state index in [1.807, 2.05) is 0 Å². The number of nitrogens with zero attached hydrogens (tertiary/aromatic N) is 2. The quantitative estimate of drug-likeness (QED) is 0.224. The Kier molecular flexibility index (Phi) is 15.0. The first-order valence-electron chi connectivity index (χ1n) is 9.86. The summed E-state index contributed by atoms with van der Waals surface area (Å²) in [5, 5.41) is 6.72. The standard InChI is InChI=1S/C19H40N4O.HI/c1-6-20-19(21-10-13-24-12-9-16(2)3)22-14-18-8-7-11-23(15-18)17(4)5;/h16-18H,6-15H2,1-5H3,(H2,20,21,22);1H. The van der Waals surface area contributed by atoms with Crippen LogP contribution < -0.4 is 10.6 Å². The van der Waals surface area contributed by atoms with E-state index in [1.165, 1.54) is 25.9 Å². The second kappa shape index (κ2) is 15.0. The van der Waals surface area contributed by atoms with Crippen LogP contribution in [0.5, 0.6) is 0 Å². The third-order valence-electron chi connectivity index (χ3n) is 4.51. The van der Waals surface area contributed by atoms with E-state index in [4.69, 9.17) is 9.73 Å². The summed E-state index contributed by atoms with van der Waals surface area (Å²) >= 11 is 0. The zero-order chi connectivity index (χ0) is 17.8. The van der Waals surface area contributed by atoms with E-state index in [0.29, 0.717) is 17.9 Å². The molecular formula is C19H41IN4O. The lowest BCUT2D eigenvalue weighted by Crippen LogP contribution is -2.42. The molecule has 1 atom stereocenters. The fraction of sp³-hybridized carbons (Fsp3) is 0.947. The van der Waals surface area contributed by atoms with E-state index in [0.717, 1.165) is 45.2 Å². The van der Waals surface area contributed by atoms with Gasteiger partial charge >= 0.3 is 0 Å². The molecular weight excluding hydrogens is 427 g/mol. The van der Waals surface area contributed by atoms with Crippen LogP contribution in [0.4, 0.5) is 0 Å². The largest absolute Gasteiger partial charge is 0.380 e. The second-order valence-corrected chi connectivity index (χ2v) is 7.54. The Bertz CT molecular complexity index is 350. The Morgan fingerprint density at radius 1 is 1.20 bits per heavy atom. The summed E-state index contributed by atoms with van der Waals surface area (Å²) in [7, 11) is 0. The van der Waals surface area contributed by atoms with Crippen molar-refractivity contribution < 1.29 is 4.74 Å². The molecule has 0 aliphatic carbocycles. The van der Waals surface area contributed by atoms with Crippen LogP contribution in [0.25, 0.3) is 0 Å². The predicted octanol–water partition coefficient (Wildman–Crippen LogP) is 3.34. The highest BCUT2D eigenvalue weighted by Crippen LogP contribution is 2.18. The molecule has 25 heavy (non-hydrogen) atoms. The van der Waals surface area contributed by atoms with Crippen molar-refractivity contribution in [1.29, 1.82) is 0 Å². The molecule has 0 bridgehead atoms. The van der Waals surface area contributed by atoms with Gasteiger partial charge in [-0.2, -0.15) is 0 Å². The Morgan fingerprint density at radius 3 is 2.60 bits per heavy atom. The van der Waals surface area contributed by atoms with Crippen molar-refractivity contribution in [2.75, 3.05) is 45.9 Å². The summed E-state index contributed by atoms with van der Waals surface area (Å²) in [5.41, 5.74) is 0. The van der Waals surface area contributed by atoms with Gasteiger partial charge in [-0.25, -0.2) is 0 Å². The SMILES string of the molecule is CCNC(=NCC1CCCN(C(C)C)C1)NCCOCCC(C)C.I. The van der Waals surface area contributed by atoms with Crippen molar-refractivity contribution in [3.8, 4) is 0 Å². The smallest absolute Gasteiger partial charge is 0.191 e. The van der Waals surface area contributed by atoms with Gasteiger partial charge in [-0.15, -0.1) is 24.0 Å². The van der Waals surface area contributed by atoms with Crippen molar-refractivity contribution in [3.05, 3.63) is 0 Å². The summed E-state index contributed by atoms with van der Waals surface area (Å²) in [6.45, 7) is 17.8. The topological polar surface area (TPSA) is 48.9 Å². The van der Waals surface area contributed by atoms with Crippen LogP contribution in [0.2, 0.25) is 0 Å². The number of guanidine groups is 1. The molecule has 0 saturated carbocycles. The monoisotopic (exact) mass is 468 g/mol. The Morgan fingerprint density at radius 2 is 1.96 bits per heavy atom. The van der Waals surface area contributed by atoms with Crippen molar-refractivity contribution in [1.82, 2.24) is 15.5 Å². The molecule has 0 aromatic carbocycles. The Hall–Kier alpha value is -0.0800. The molecule has 0 amide bonds. The highest BCUT2D eigenvalue weighted by molar-refractivity contribution is 14.0. The van der Waals surface area contributed by atoms with E-state index < -0.39 is 0 Å². The Balaban J connectivity index is 0.00000576. The number of ether oxygens (including phenoxy) is 1. The van der Waals surface area contributed by atoms with Crippen LogP contribution in [-0.2, 0) is 4.74 Å². The van der Waals surface area contributed by atoms with Crippen molar-refractivity contribution in [2.45, 2.75) is 59.9 Å². The van der Waals surface area contributed by atoms with Crippen LogP contribution in [-0.4, -0.2) is 62.8 Å². The van der Waals surface area contributed by atoms with E-state index in [1.54, 1.807) is 0 Å². The van der Waals surface area contributed by atoms with Gasteiger partial charge < -0.3 is 20.3 Å². The molecule has 1 saturated heterocycles. The molecule has 2 N–H and O–H groups in total. The maximum absolute atomic E-state index is 5.66. The minimum atomic E-state index is 0. The fourth-order valence-electron chi connectivity index (χ4n) is 2.94. The predicted molar refractivity (Wildman–Crippen MR) is 119 cm³/mol. The molecule has 0 radical (unpaired) electrons. The number of hydrogen-bond acceptors (Lipinski definition) is 3. The van der Waals surface area contributed by atoms with Gasteiger partial charge in [-0.3, -0.25) is 4.99 Å². The summed E-state index contributed by atoms with van der Waals surface area (Å²) in [6.07, 6.45) is 3.72. The summed E-state index contributed by atoms with van der Waals surface area (Å²) < 4.78 is 5.66. The summed E-state index contributed by atoms with van der Waals surface area (Å²) in [5.74, 6) is 2.31. The molecule has 150 valence electrons. The first-order valence-corrected chi connectivity index (χ1v) is 9.86.